The van der Waals surface area contributed by atoms with E-state index in [2.05, 4.69) is 52.5 Å². The molecule has 11 nitrogen and oxygen atoms in total. The summed E-state index contributed by atoms with van der Waals surface area (Å²) in [6.45, 7) is 4.50. The largest absolute Gasteiger partial charge is 0.455 e. The minimum atomic E-state index is -0.685. The number of piperazine rings is 1. The van der Waals surface area contributed by atoms with Gasteiger partial charge in [-0.15, -0.1) is 0 Å². The molecule has 6 rings (SSSR count). The van der Waals surface area contributed by atoms with Crippen LogP contribution in [0.4, 0.5) is 21.8 Å². The number of nitrogens with one attached hydrogen (secondary N) is 2. The van der Waals surface area contributed by atoms with Gasteiger partial charge in [-0.2, -0.15) is 5.10 Å². The first-order valence-corrected chi connectivity index (χ1v) is 11.6. The van der Waals surface area contributed by atoms with E-state index in [4.69, 9.17) is 16.3 Å². The average Bonchev–Trinajstić information content (AvgIpc) is 3.36. The zero-order chi connectivity index (χ0) is 24.6. The first-order chi connectivity index (χ1) is 17.5. The summed E-state index contributed by atoms with van der Waals surface area (Å²) in [5.74, 6) is 0.836. The van der Waals surface area contributed by atoms with Crippen molar-refractivity contribution in [3.05, 3.63) is 60.2 Å². The van der Waals surface area contributed by atoms with Crippen LogP contribution in [0.15, 0.2) is 49.3 Å². The van der Waals surface area contributed by atoms with E-state index in [0.717, 1.165) is 19.6 Å². The van der Waals surface area contributed by atoms with Gasteiger partial charge in [0, 0.05) is 37.9 Å². The van der Waals surface area contributed by atoms with Gasteiger partial charge in [0.25, 0.3) is 0 Å². The van der Waals surface area contributed by atoms with E-state index in [9.17, 15) is 0 Å². The Hall–Kier alpha value is -4.16. The highest BCUT2D eigenvalue weighted by Crippen LogP contribution is 2.36. The Labute approximate surface area is 209 Å². The predicted octanol–water partition coefficient (Wildman–Crippen LogP) is 3.59. The highest BCUT2D eigenvalue weighted by Gasteiger charge is 2.20. The van der Waals surface area contributed by atoms with Gasteiger partial charge in [0.1, 0.15) is 40.2 Å². The fourth-order valence-electron chi connectivity index (χ4n) is 4.02. The van der Waals surface area contributed by atoms with Gasteiger partial charge in [-0.1, -0.05) is 11.6 Å². The van der Waals surface area contributed by atoms with Gasteiger partial charge in [-0.3, -0.25) is 0 Å². The predicted molar refractivity (Wildman–Crippen MR) is 133 cm³/mol. The van der Waals surface area contributed by atoms with Crippen molar-refractivity contribution in [1.82, 2.24) is 39.9 Å². The SMILES string of the molecule is C[C@@H]1CN(c2ncc3ncnc(Nc4ccc(Oc5ccn6ncnc6c5)c(Cl)c4F)c3n2)CCN1. The topological polar surface area (TPSA) is 118 Å². The Morgan fingerprint density at radius 2 is 2.08 bits per heavy atom. The summed E-state index contributed by atoms with van der Waals surface area (Å²) in [6, 6.07) is 6.79. The molecule has 1 atom stereocenters. The monoisotopic (exact) mass is 506 g/mol. The molecule has 1 fully saturated rings. The molecular formula is C23H20ClFN10O. The lowest BCUT2D eigenvalue weighted by Crippen LogP contribution is -2.49. The Bertz CT molecular complexity index is 1580. The molecule has 0 radical (unpaired) electrons. The summed E-state index contributed by atoms with van der Waals surface area (Å²) in [5, 5.41) is 10.3. The van der Waals surface area contributed by atoms with Crippen molar-refractivity contribution in [2.45, 2.75) is 13.0 Å². The van der Waals surface area contributed by atoms with Crippen molar-refractivity contribution in [2.24, 2.45) is 0 Å². The molecule has 0 aliphatic carbocycles. The van der Waals surface area contributed by atoms with Crippen LogP contribution in [0.5, 0.6) is 11.5 Å². The minimum absolute atomic E-state index is 0.121. The Balaban J connectivity index is 1.29. The number of ether oxygens (including phenoxy) is 1. The lowest BCUT2D eigenvalue weighted by Gasteiger charge is -2.31. The lowest BCUT2D eigenvalue weighted by molar-refractivity contribution is 0.477. The molecule has 0 amide bonds. The van der Waals surface area contributed by atoms with Crippen LogP contribution >= 0.6 is 11.6 Å². The zero-order valence-electron chi connectivity index (χ0n) is 19.1. The zero-order valence-corrected chi connectivity index (χ0v) is 19.8. The second kappa shape index (κ2) is 9.13. The molecule has 13 heteroatoms. The number of rotatable bonds is 5. The summed E-state index contributed by atoms with van der Waals surface area (Å²) < 4.78 is 22.7. The molecule has 5 aromatic rings. The Morgan fingerprint density at radius 3 is 2.97 bits per heavy atom. The van der Waals surface area contributed by atoms with Crippen LogP contribution in [0.1, 0.15) is 6.92 Å². The smallest absolute Gasteiger partial charge is 0.226 e. The minimum Gasteiger partial charge on any atom is -0.455 e. The number of hydrogen-bond acceptors (Lipinski definition) is 10. The van der Waals surface area contributed by atoms with E-state index in [1.165, 1.54) is 18.7 Å². The Morgan fingerprint density at radius 1 is 1.17 bits per heavy atom. The first-order valence-electron chi connectivity index (χ1n) is 11.2. The number of nitrogens with zero attached hydrogens (tertiary/aromatic N) is 8. The van der Waals surface area contributed by atoms with E-state index in [1.807, 2.05) is 0 Å². The fraction of sp³-hybridized carbons (Fsp3) is 0.217. The normalized spacial score (nSPS) is 16.0. The fourth-order valence-corrected chi connectivity index (χ4v) is 4.23. The van der Waals surface area contributed by atoms with Crippen LogP contribution < -0.4 is 20.3 Å². The highest BCUT2D eigenvalue weighted by molar-refractivity contribution is 6.32. The first kappa shape index (κ1) is 22.3. The molecule has 0 spiro atoms. The van der Waals surface area contributed by atoms with Gasteiger partial charge >= 0.3 is 0 Å². The number of hydrogen-bond donors (Lipinski definition) is 2. The molecule has 2 N–H and O–H groups in total. The maximum Gasteiger partial charge on any atom is 0.226 e. The molecule has 1 aliphatic rings. The van der Waals surface area contributed by atoms with Crippen LogP contribution in [0.25, 0.3) is 16.7 Å². The highest BCUT2D eigenvalue weighted by atomic mass is 35.5. The number of fused-ring (bicyclic) bond motifs is 2. The third kappa shape index (κ3) is 4.20. The van der Waals surface area contributed by atoms with Crippen LogP contribution in [0.3, 0.4) is 0 Å². The third-order valence-corrected chi connectivity index (χ3v) is 6.15. The number of benzene rings is 1. The molecular weight excluding hydrogens is 487 g/mol. The molecule has 1 saturated heterocycles. The van der Waals surface area contributed by atoms with E-state index in [-0.39, 0.29) is 16.5 Å². The van der Waals surface area contributed by atoms with E-state index in [0.29, 0.717) is 40.2 Å². The molecule has 182 valence electrons. The van der Waals surface area contributed by atoms with Gasteiger partial charge in [0.2, 0.25) is 5.95 Å². The maximum atomic E-state index is 15.3. The molecule has 4 aromatic heterocycles. The van der Waals surface area contributed by atoms with Crippen molar-refractivity contribution in [1.29, 1.82) is 0 Å². The second-order valence-electron chi connectivity index (χ2n) is 8.32. The molecule has 36 heavy (non-hydrogen) atoms. The molecule has 1 aromatic carbocycles. The van der Waals surface area contributed by atoms with Crippen LogP contribution in [-0.2, 0) is 0 Å². The molecule has 0 bridgehead atoms. The summed E-state index contributed by atoms with van der Waals surface area (Å²) >= 11 is 6.33. The van der Waals surface area contributed by atoms with Gasteiger partial charge in [-0.05, 0) is 25.1 Å². The third-order valence-electron chi connectivity index (χ3n) is 5.80. The number of halogens is 2. The summed E-state index contributed by atoms with van der Waals surface area (Å²) in [4.78, 5) is 23.9. The number of pyridine rings is 1. The molecule has 1 aliphatic heterocycles. The van der Waals surface area contributed by atoms with Crippen molar-refractivity contribution in [2.75, 3.05) is 29.9 Å². The standard InChI is InChI=1S/C23H20ClFN10O/c1-13-10-34(7-5-26-13)23-27-9-16-21(33-23)22(30-11-28-16)32-15-2-3-17(19(24)20(15)25)36-14-4-6-35-18(8-14)29-12-31-35/h2-4,6,8-9,11-13,26H,5,7,10H2,1H3,(H,28,30,32)/t13-/m1/s1. The quantitative estimate of drug-likeness (QED) is 0.366. The van der Waals surface area contributed by atoms with Gasteiger partial charge in [-0.25, -0.2) is 33.8 Å². The van der Waals surface area contributed by atoms with Gasteiger partial charge < -0.3 is 20.3 Å². The average molecular weight is 507 g/mol. The van der Waals surface area contributed by atoms with Gasteiger partial charge in [0.15, 0.2) is 17.3 Å². The van der Waals surface area contributed by atoms with Crippen molar-refractivity contribution >= 4 is 45.7 Å². The van der Waals surface area contributed by atoms with E-state index < -0.39 is 5.82 Å². The number of anilines is 3. The van der Waals surface area contributed by atoms with Crippen molar-refractivity contribution in [3.8, 4) is 11.5 Å². The van der Waals surface area contributed by atoms with Crippen molar-refractivity contribution < 1.29 is 9.13 Å². The molecule has 0 saturated carbocycles. The number of aromatic nitrogens is 7. The summed E-state index contributed by atoms with van der Waals surface area (Å²) in [6.07, 6.45) is 6.14. The van der Waals surface area contributed by atoms with Crippen molar-refractivity contribution in [3.63, 3.8) is 0 Å². The van der Waals surface area contributed by atoms with E-state index in [1.54, 1.807) is 35.1 Å². The van der Waals surface area contributed by atoms with Gasteiger partial charge in [0.05, 0.1) is 11.9 Å². The lowest BCUT2D eigenvalue weighted by atomic mass is 10.2. The Kier molecular flexibility index (Phi) is 5.66. The molecule has 0 unspecified atom stereocenters. The second-order valence-corrected chi connectivity index (χ2v) is 8.70. The summed E-state index contributed by atoms with van der Waals surface area (Å²) in [5.41, 5.74) is 1.73. The van der Waals surface area contributed by atoms with Crippen LogP contribution in [-0.4, -0.2) is 60.2 Å². The van der Waals surface area contributed by atoms with Crippen LogP contribution in [0, 0.1) is 5.82 Å². The maximum absolute atomic E-state index is 15.3. The van der Waals surface area contributed by atoms with Crippen LogP contribution in [0.2, 0.25) is 5.02 Å². The molecule has 5 heterocycles. The summed E-state index contributed by atoms with van der Waals surface area (Å²) in [7, 11) is 0. The van der Waals surface area contributed by atoms with E-state index >= 15 is 4.39 Å².